The van der Waals surface area contributed by atoms with Crippen molar-refractivity contribution in [2.75, 3.05) is 0 Å². The molecule has 0 aromatic heterocycles. The van der Waals surface area contributed by atoms with Gasteiger partial charge in [-0.25, -0.2) is 13.2 Å². The number of halogens is 3. The van der Waals surface area contributed by atoms with Crippen LogP contribution in [0.4, 0.5) is 13.2 Å². The summed E-state index contributed by atoms with van der Waals surface area (Å²) in [6, 6.07) is 8.27. The summed E-state index contributed by atoms with van der Waals surface area (Å²) in [6.45, 7) is 1.85. The minimum Gasteiger partial charge on any atom is -0.484 e. The molecule has 21 heavy (non-hydrogen) atoms. The summed E-state index contributed by atoms with van der Waals surface area (Å²) in [4.78, 5) is 0. The highest BCUT2D eigenvalue weighted by atomic mass is 19.1. The van der Waals surface area contributed by atoms with E-state index >= 15 is 0 Å². The molecule has 0 heterocycles. The van der Waals surface area contributed by atoms with Crippen LogP contribution in [-0.4, -0.2) is 6.04 Å². The van der Waals surface area contributed by atoms with Crippen molar-refractivity contribution >= 4 is 0 Å². The molecule has 2 nitrogen and oxygen atoms in total. The average molecular weight is 295 g/mol. The molecule has 0 bridgehead atoms. The molecule has 5 heteroatoms. The molecular weight excluding hydrogens is 279 g/mol. The molecule has 112 valence electrons. The Morgan fingerprint density at radius 2 is 1.67 bits per heavy atom. The van der Waals surface area contributed by atoms with Gasteiger partial charge in [0.15, 0.2) is 0 Å². The molecule has 2 atom stereocenters. The minimum absolute atomic E-state index is 0.0191. The zero-order valence-electron chi connectivity index (χ0n) is 11.5. The Morgan fingerprint density at radius 1 is 1.00 bits per heavy atom. The van der Waals surface area contributed by atoms with E-state index in [4.69, 9.17) is 10.5 Å². The normalized spacial score (nSPS) is 13.8. The Hall–Kier alpha value is -2.01. The van der Waals surface area contributed by atoms with Gasteiger partial charge < -0.3 is 10.5 Å². The SMILES string of the molecule is CCC(N)C(Oc1cc(F)cc(F)c1)c1cccc(F)c1. The second kappa shape index (κ2) is 6.63. The molecule has 2 aromatic carbocycles. The quantitative estimate of drug-likeness (QED) is 0.906. The third-order valence-electron chi connectivity index (χ3n) is 3.14. The summed E-state index contributed by atoms with van der Waals surface area (Å²) in [5.41, 5.74) is 6.51. The molecule has 0 aliphatic heterocycles. The Kier molecular flexibility index (Phi) is 4.85. The molecule has 2 unspecified atom stereocenters. The maximum Gasteiger partial charge on any atom is 0.139 e. The molecule has 0 radical (unpaired) electrons. The summed E-state index contributed by atoms with van der Waals surface area (Å²) in [7, 11) is 0. The van der Waals surface area contributed by atoms with Gasteiger partial charge in [-0.15, -0.1) is 0 Å². The van der Waals surface area contributed by atoms with Crippen molar-refractivity contribution in [3.63, 3.8) is 0 Å². The highest BCUT2D eigenvalue weighted by Crippen LogP contribution is 2.27. The number of hydrogen-bond donors (Lipinski definition) is 1. The number of nitrogens with two attached hydrogens (primary N) is 1. The van der Waals surface area contributed by atoms with Crippen LogP contribution in [0.5, 0.6) is 5.75 Å². The van der Waals surface area contributed by atoms with Crippen molar-refractivity contribution < 1.29 is 17.9 Å². The highest BCUT2D eigenvalue weighted by molar-refractivity contribution is 5.27. The first kappa shape index (κ1) is 15.4. The lowest BCUT2D eigenvalue weighted by Crippen LogP contribution is -2.31. The van der Waals surface area contributed by atoms with Crippen LogP contribution in [0.3, 0.4) is 0 Å². The van der Waals surface area contributed by atoms with Crippen molar-refractivity contribution in [1.82, 2.24) is 0 Å². The van der Waals surface area contributed by atoms with Crippen LogP contribution in [0.25, 0.3) is 0 Å². The lowest BCUT2D eigenvalue weighted by atomic mass is 10.0. The van der Waals surface area contributed by atoms with Gasteiger partial charge in [0.1, 0.15) is 29.3 Å². The van der Waals surface area contributed by atoms with Crippen LogP contribution in [0.1, 0.15) is 25.0 Å². The molecule has 2 N–H and O–H groups in total. The second-order valence-corrected chi connectivity index (χ2v) is 4.77. The maximum absolute atomic E-state index is 13.3. The highest BCUT2D eigenvalue weighted by Gasteiger charge is 2.21. The summed E-state index contributed by atoms with van der Waals surface area (Å²) >= 11 is 0. The van der Waals surface area contributed by atoms with Crippen LogP contribution >= 0.6 is 0 Å². The first-order valence-electron chi connectivity index (χ1n) is 6.63. The third kappa shape index (κ3) is 3.98. The van der Waals surface area contributed by atoms with E-state index in [0.29, 0.717) is 12.0 Å². The monoisotopic (exact) mass is 295 g/mol. The van der Waals surface area contributed by atoms with E-state index in [1.807, 2.05) is 6.92 Å². The number of benzene rings is 2. The molecule has 0 aliphatic rings. The third-order valence-corrected chi connectivity index (χ3v) is 3.14. The van der Waals surface area contributed by atoms with E-state index in [1.54, 1.807) is 6.07 Å². The largest absolute Gasteiger partial charge is 0.484 e. The molecule has 2 aromatic rings. The average Bonchev–Trinajstić information content (AvgIpc) is 2.43. The summed E-state index contributed by atoms with van der Waals surface area (Å²) < 4.78 is 45.4. The van der Waals surface area contributed by atoms with Crippen molar-refractivity contribution in [2.24, 2.45) is 5.73 Å². The fraction of sp³-hybridized carbons (Fsp3) is 0.250. The van der Waals surface area contributed by atoms with E-state index in [9.17, 15) is 13.2 Å². The van der Waals surface area contributed by atoms with E-state index in [-0.39, 0.29) is 5.75 Å². The first-order valence-corrected chi connectivity index (χ1v) is 6.63. The van der Waals surface area contributed by atoms with Gasteiger partial charge in [-0.2, -0.15) is 0 Å². The standard InChI is InChI=1S/C16H16F3NO/c1-2-15(20)16(10-4-3-5-11(17)6-10)21-14-8-12(18)7-13(19)9-14/h3-9,15-16H,2,20H2,1H3. The summed E-state index contributed by atoms with van der Waals surface area (Å²) in [5, 5.41) is 0. The Balaban J connectivity index is 2.32. The summed E-state index contributed by atoms with van der Waals surface area (Å²) in [6.07, 6.45) is -0.120. The predicted octanol–water partition coefficient (Wildman–Crippen LogP) is 3.96. The van der Waals surface area contributed by atoms with Gasteiger partial charge in [0.25, 0.3) is 0 Å². The fourth-order valence-electron chi connectivity index (χ4n) is 2.04. The molecular formula is C16H16F3NO. The van der Waals surface area contributed by atoms with Crippen LogP contribution in [-0.2, 0) is 0 Å². The fourth-order valence-corrected chi connectivity index (χ4v) is 2.04. The smallest absolute Gasteiger partial charge is 0.139 e. The van der Waals surface area contributed by atoms with Crippen molar-refractivity contribution in [1.29, 1.82) is 0 Å². The Labute approximate surface area is 121 Å². The molecule has 0 saturated heterocycles. The van der Waals surface area contributed by atoms with E-state index in [2.05, 4.69) is 0 Å². The van der Waals surface area contributed by atoms with Crippen molar-refractivity contribution in [2.45, 2.75) is 25.5 Å². The van der Waals surface area contributed by atoms with Crippen molar-refractivity contribution in [3.05, 3.63) is 65.5 Å². The van der Waals surface area contributed by atoms with Crippen LogP contribution < -0.4 is 10.5 Å². The van der Waals surface area contributed by atoms with Gasteiger partial charge >= 0.3 is 0 Å². The lowest BCUT2D eigenvalue weighted by Gasteiger charge is -2.25. The number of rotatable bonds is 5. The van der Waals surface area contributed by atoms with E-state index in [1.165, 1.54) is 18.2 Å². The zero-order valence-corrected chi connectivity index (χ0v) is 11.5. The van der Waals surface area contributed by atoms with Crippen molar-refractivity contribution in [3.8, 4) is 5.75 Å². The Morgan fingerprint density at radius 3 is 2.24 bits per heavy atom. The van der Waals surface area contributed by atoms with E-state index in [0.717, 1.165) is 18.2 Å². The number of ether oxygens (including phenoxy) is 1. The van der Waals surface area contributed by atoms with Crippen LogP contribution in [0.2, 0.25) is 0 Å². The number of hydrogen-bond acceptors (Lipinski definition) is 2. The van der Waals surface area contributed by atoms with Crippen LogP contribution in [0.15, 0.2) is 42.5 Å². The molecule has 0 spiro atoms. The second-order valence-electron chi connectivity index (χ2n) is 4.77. The molecule has 0 saturated carbocycles. The van der Waals surface area contributed by atoms with Gasteiger partial charge in [-0.3, -0.25) is 0 Å². The lowest BCUT2D eigenvalue weighted by molar-refractivity contribution is 0.169. The molecule has 0 fully saturated rings. The minimum atomic E-state index is -0.743. The maximum atomic E-state index is 13.3. The Bertz CT molecular complexity index is 598. The molecule has 0 aliphatic carbocycles. The van der Waals surface area contributed by atoms with Gasteiger partial charge in [-0.1, -0.05) is 19.1 Å². The van der Waals surface area contributed by atoms with Gasteiger partial charge in [0.05, 0.1) is 0 Å². The molecule has 2 rings (SSSR count). The molecule has 0 amide bonds. The van der Waals surface area contributed by atoms with E-state index < -0.39 is 29.6 Å². The predicted molar refractivity (Wildman–Crippen MR) is 74.4 cm³/mol. The zero-order chi connectivity index (χ0) is 15.4. The van der Waals surface area contributed by atoms with Gasteiger partial charge in [-0.05, 0) is 24.1 Å². The topological polar surface area (TPSA) is 35.2 Å². The first-order chi connectivity index (χ1) is 9.99. The van der Waals surface area contributed by atoms with Gasteiger partial charge in [0.2, 0.25) is 0 Å². The van der Waals surface area contributed by atoms with Gasteiger partial charge in [0, 0.05) is 24.2 Å². The summed E-state index contributed by atoms with van der Waals surface area (Å²) in [5.74, 6) is -1.89. The van der Waals surface area contributed by atoms with Crippen LogP contribution in [0, 0.1) is 17.5 Å².